The molecule has 3 saturated heterocycles. The van der Waals surface area contributed by atoms with E-state index >= 15 is 0 Å². The van der Waals surface area contributed by atoms with Crippen molar-refractivity contribution in [2.24, 2.45) is 11.8 Å². The lowest BCUT2D eigenvalue weighted by Crippen LogP contribution is -2.54. The molecule has 6 rings (SSSR count). The van der Waals surface area contributed by atoms with E-state index in [9.17, 15) is 14.4 Å². The third-order valence-electron chi connectivity index (χ3n) is 7.05. The van der Waals surface area contributed by atoms with Crippen LogP contribution >= 0.6 is 23.2 Å². The van der Waals surface area contributed by atoms with E-state index in [2.05, 4.69) is 10.2 Å². The molecular weight excluding hydrogens is 425 g/mol. The maximum Gasteiger partial charge on any atom is 0.250 e. The van der Waals surface area contributed by atoms with Gasteiger partial charge in [-0.2, -0.15) is 0 Å². The molecule has 0 aliphatic carbocycles. The molecule has 0 unspecified atom stereocenters. The van der Waals surface area contributed by atoms with Gasteiger partial charge in [0, 0.05) is 22.3 Å². The second-order valence-corrected chi connectivity index (χ2v) is 9.12. The maximum atomic E-state index is 13.8. The largest absolute Gasteiger partial charge is 0.324 e. The highest BCUT2D eigenvalue weighted by molar-refractivity contribution is 6.36. The Kier molecular flexibility index (Phi) is 3.71. The zero-order valence-electron chi connectivity index (χ0n) is 15.8. The minimum absolute atomic E-state index is 0.172. The van der Waals surface area contributed by atoms with Crippen molar-refractivity contribution in [3.05, 3.63) is 58.1 Å². The van der Waals surface area contributed by atoms with Crippen LogP contribution in [-0.4, -0.2) is 35.2 Å². The number of hydrogen-bond acceptors (Lipinski definition) is 4. The van der Waals surface area contributed by atoms with E-state index in [1.807, 2.05) is 0 Å². The van der Waals surface area contributed by atoms with Crippen LogP contribution in [0.25, 0.3) is 0 Å². The van der Waals surface area contributed by atoms with Crippen molar-refractivity contribution in [2.75, 3.05) is 16.8 Å². The molecule has 6 nitrogen and oxygen atoms in total. The van der Waals surface area contributed by atoms with Crippen LogP contribution in [0.3, 0.4) is 0 Å². The SMILES string of the molecule is O=C1[C@H]2[C@@H](C(=O)N1c1ccccc1Cl)[C@@]1(C(=O)Nc3ccc(Cl)cc31)N1CCC[C@@H]21. The Labute approximate surface area is 182 Å². The molecule has 2 aromatic carbocycles. The van der Waals surface area contributed by atoms with Gasteiger partial charge in [0.2, 0.25) is 17.7 Å². The molecule has 4 aliphatic heterocycles. The van der Waals surface area contributed by atoms with E-state index in [1.54, 1.807) is 42.5 Å². The van der Waals surface area contributed by atoms with E-state index in [0.717, 1.165) is 12.8 Å². The Morgan fingerprint density at radius 1 is 1.03 bits per heavy atom. The average Bonchev–Trinajstić information content (AvgIpc) is 3.42. The van der Waals surface area contributed by atoms with Crippen LogP contribution in [0.4, 0.5) is 11.4 Å². The Hall–Kier alpha value is -2.41. The predicted molar refractivity (Wildman–Crippen MR) is 112 cm³/mol. The van der Waals surface area contributed by atoms with E-state index in [4.69, 9.17) is 23.2 Å². The van der Waals surface area contributed by atoms with Gasteiger partial charge in [0.25, 0.3) is 0 Å². The summed E-state index contributed by atoms with van der Waals surface area (Å²) < 4.78 is 0. The molecule has 0 aromatic heterocycles. The molecule has 2 aromatic rings. The lowest BCUT2D eigenvalue weighted by Gasteiger charge is -2.36. The zero-order chi connectivity index (χ0) is 20.8. The number of rotatable bonds is 1. The summed E-state index contributed by atoms with van der Waals surface area (Å²) in [4.78, 5) is 44.1. The minimum Gasteiger partial charge on any atom is -0.324 e. The average molecular weight is 442 g/mol. The highest BCUT2D eigenvalue weighted by Gasteiger charge is 2.74. The summed E-state index contributed by atoms with van der Waals surface area (Å²) in [5, 5.41) is 3.76. The van der Waals surface area contributed by atoms with Gasteiger partial charge in [-0.3, -0.25) is 19.3 Å². The normalized spacial score (nSPS) is 32.0. The van der Waals surface area contributed by atoms with Crippen LogP contribution < -0.4 is 10.2 Å². The van der Waals surface area contributed by atoms with Gasteiger partial charge in [-0.05, 0) is 49.7 Å². The van der Waals surface area contributed by atoms with Crippen LogP contribution in [0, 0.1) is 11.8 Å². The number of hydrogen-bond donors (Lipinski definition) is 1. The molecule has 4 atom stereocenters. The molecule has 1 N–H and O–H groups in total. The van der Waals surface area contributed by atoms with Crippen molar-refractivity contribution >= 4 is 52.3 Å². The first-order valence-electron chi connectivity index (χ1n) is 9.97. The zero-order valence-corrected chi connectivity index (χ0v) is 17.3. The Morgan fingerprint density at radius 3 is 2.63 bits per heavy atom. The van der Waals surface area contributed by atoms with Crippen molar-refractivity contribution < 1.29 is 14.4 Å². The van der Waals surface area contributed by atoms with Gasteiger partial charge in [-0.25, -0.2) is 4.90 Å². The van der Waals surface area contributed by atoms with Crippen molar-refractivity contribution in [1.29, 1.82) is 0 Å². The molecule has 3 fully saturated rings. The molecule has 3 amide bonds. The fourth-order valence-electron chi connectivity index (χ4n) is 6.05. The summed E-state index contributed by atoms with van der Waals surface area (Å²) in [7, 11) is 0. The molecule has 0 radical (unpaired) electrons. The summed E-state index contributed by atoms with van der Waals surface area (Å²) in [5.41, 5.74) is 0.469. The molecule has 8 heteroatoms. The van der Waals surface area contributed by atoms with Crippen molar-refractivity contribution in [2.45, 2.75) is 24.4 Å². The molecule has 152 valence electrons. The molecule has 4 heterocycles. The molecular formula is C22H17Cl2N3O3. The number of carbonyl (C=O) groups excluding carboxylic acids is 3. The number of carbonyl (C=O) groups is 3. The predicted octanol–water partition coefficient (Wildman–Crippen LogP) is 3.42. The highest BCUT2D eigenvalue weighted by Crippen LogP contribution is 2.61. The number of halogens is 2. The van der Waals surface area contributed by atoms with Gasteiger partial charge < -0.3 is 5.32 Å². The summed E-state index contributed by atoms with van der Waals surface area (Å²) in [6.07, 6.45) is 1.63. The van der Waals surface area contributed by atoms with E-state index in [1.165, 1.54) is 4.90 Å². The number of nitrogens with zero attached hydrogens (tertiary/aromatic N) is 2. The first-order valence-corrected chi connectivity index (χ1v) is 10.7. The number of nitrogens with one attached hydrogen (secondary N) is 1. The smallest absolute Gasteiger partial charge is 0.250 e. The van der Waals surface area contributed by atoms with Crippen LogP contribution in [0.15, 0.2) is 42.5 Å². The number of fused-ring (bicyclic) bond motifs is 7. The second kappa shape index (κ2) is 6.06. The third kappa shape index (κ3) is 2.02. The quantitative estimate of drug-likeness (QED) is 0.688. The van der Waals surface area contributed by atoms with Gasteiger partial charge in [-0.15, -0.1) is 0 Å². The van der Waals surface area contributed by atoms with Gasteiger partial charge in [-0.1, -0.05) is 35.3 Å². The summed E-state index contributed by atoms with van der Waals surface area (Å²) >= 11 is 12.6. The van der Waals surface area contributed by atoms with Crippen molar-refractivity contribution in [1.82, 2.24) is 4.90 Å². The fraction of sp³-hybridized carbons (Fsp3) is 0.318. The van der Waals surface area contributed by atoms with Gasteiger partial charge in [0.1, 0.15) is 5.54 Å². The summed E-state index contributed by atoms with van der Waals surface area (Å²) in [5.74, 6) is -2.33. The Bertz CT molecular complexity index is 1150. The van der Waals surface area contributed by atoms with Crippen LogP contribution in [0.1, 0.15) is 18.4 Å². The van der Waals surface area contributed by atoms with E-state index < -0.39 is 17.4 Å². The van der Waals surface area contributed by atoms with Crippen LogP contribution in [-0.2, 0) is 19.9 Å². The van der Waals surface area contributed by atoms with Crippen molar-refractivity contribution in [3.8, 4) is 0 Å². The van der Waals surface area contributed by atoms with Gasteiger partial charge >= 0.3 is 0 Å². The fourth-order valence-corrected chi connectivity index (χ4v) is 6.44. The number of para-hydroxylation sites is 1. The van der Waals surface area contributed by atoms with Gasteiger partial charge in [0.15, 0.2) is 0 Å². The molecule has 0 saturated carbocycles. The van der Waals surface area contributed by atoms with E-state index in [-0.39, 0.29) is 23.8 Å². The molecule has 4 aliphatic rings. The second-order valence-electron chi connectivity index (χ2n) is 8.28. The van der Waals surface area contributed by atoms with Crippen LogP contribution in [0.5, 0.6) is 0 Å². The first-order chi connectivity index (χ1) is 14.5. The molecule has 1 spiro atoms. The maximum absolute atomic E-state index is 13.8. The number of amides is 3. The molecule has 0 bridgehead atoms. The van der Waals surface area contributed by atoms with Gasteiger partial charge in [0.05, 0.1) is 22.5 Å². The minimum atomic E-state index is -1.23. The lowest BCUT2D eigenvalue weighted by molar-refractivity contribution is -0.135. The molecule has 30 heavy (non-hydrogen) atoms. The monoisotopic (exact) mass is 441 g/mol. The number of imide groups is 1. The summed E-state index contributed by atoms with van der Waals surface area (Å²) in [6, 6.07) is 11.9. The number of anilines is 2. The number of benzene rings is 2. The van der Waals surface area contributed by atoms with Crippen molar-refractivity contribution in [3.63, 3.8) is 0 Å². The topological polar surface area (TPSA) is 69.7 Å². The summed E-state index contributed by atoms with van der Waals surface area (Å²) in [6.45, 7) is 0.656. The third-order valence-corrected chi connectivity index (χ3v) is 7.60. The highest BCUT2D eigenvalue weighted by atomic mass is 35.5. The lowest BCUT2D eigenvalue weighted by atomic mass is 9.75. The van der Waals surface area contributed by atoms with Crippen LogP contribution in [0.2, 0.25) is 10.0 Å². The standard InChI is InChI=1S/C22H17Cl2N3O3/c23-11-7-8-14-12(10-11)22(21(30)25-14)18-17(16-6-3-9-26(16)22)19(28)27(20(18)29)15-5-2-1-4-13(15)24/h1-2,4-5,7-8,10,16-18H,3,6,9H2,(H,25,30)/t16-,17+,18-,22-/m0/s1. The first kappa shape index (κ1) is 18.4. The Morgan fingerprint density at radius 2 is 1.83 bits per heavy atom. The Balaban J connectivity index is 1.58. The van der Waals surface area contributed by atoms with E-state index in [0.29, 0.717) is 33.5 Å².